The Labute approximate surface area is 150 Å². The zero-order valence-electron chi connectivity index (χ0n) is 15.3. The second-order valence-electron chi connectivity index (χ2n) is 7.59. The van der Waals surface area contributed by atoms with Crippen molar-refractivity contribution < 1.29 is 14.0 Å². The van der Waals surface area contributed by atoms with Crippen molar-refractivity contribution in [2.45, 2.75) is 58.3 Å². The third-order valence-corrected chi connectivity index (χ3v) is 5.54. The number of carbonyl (C=O) groups is 2. The van der Waals surface area contributed by atoms with E-state index in [0.29, 0.717) is 38.3 Å². The summed E-state index contributed by atoms with van der Waals surface area (Å²) in [6, 6.07) is 3.89. The third kappa shape index (κ3) is 5.10. The number of hydrogen-bond acceptors (Lipinski definition) is 3. The first-order valence-corrected chi connectivity index (χ1v) is 9.72. The van der Waals surface area contributed by atoms with Crippen LogP contribution in [-0.4, -0.2) is 36.3 Å². The van der Waals surface area contributed by atoms with Crippen molar-refractivity contribution in [2.24, 2.45) is 11.8 Å². The van der Waals surface area contributed by atoms with Gasteiger partial charge in [-0.05, 0) is 44.2 Å². The lowest BCUT2D eigenvalue weighted by Crippen LogP contribution is -2.47. The van der Waals surface area contributed by atoms with E-state index in [9.17, 15) is 9.59 Å². The number of piperidine rings is 1. The van der Waals surface area contributed by atoms with E-state index < -0.39 is 0 Å². The molecule has 3 rings (SSSR count). The van der Waals surface area contributed by atoms with E-state index in [-0.39, 0.29) is 17.7 Å². The monoisotopic (exact) mass is 346 g/mol. The molecule has 1 saturated carbocycles. The first kappa shape index (κ1) is 18.0. The molecule has 1 N–H and O–H groups in total. The summed E-state index contributed by atoms with van der Waals surface area (Å²) >= 11 is 0. The van der Waals surface area contributed by atoms with Crippen LogP contribution in [0.4, 0.5) is 0 Å². The maximum atomic E-state index is 12.5. The van der Waals surface area contributed by atoms with Crippen molar-refractivity contribution in [3.05, 3.63) is 23.7 Å². The first-order valence-electron chi connectivity index (χ1n) is 9.72. The lowest BCUT2D eigenvalue weighted by atomic mass is 9.87. The number of likely N-dealkylation sites (tertiary alicyclic amines) is 1. The molecule has 5 heteroatoms. The quantitative estimate of drug-likeness (QED) is 0.861. The summed E-state index contributed by atoms with van der Waals surface area (Å²) in [7, 11) is 0. The SMILES string of the molecule is Cc1ccc(CCNC(=O)[C@@H]2CCC(=O)N(CC3CCCCC3)C2)o1. The summed E-state index contributed by atoms with van der Waals surface area (Å²) in [6.07, 6.45) is 8.22. The minimum Gasteiger partial charge on any atom is -0.466 e. The molecule has 2 fully saturated rings. The smallest absolute Gasteiger partial charge is 0.224 e. The molecule has 1 aromatic heterocycles. The number of nitrogens with zero attached hydrogens (tertiary/aromatic N) is 1. The summed E-state index contributed by atoms with van der Waals surface area (Å²) < 4.78 is 5.52. The molecule has 25 heavy (non-hydrogen) atoms. The fraction of sp³-hybridized carbons (Fsp3) is 0.700. The van der Waals surface area contributed by atoms with E-state index in [1.165, 1.54) is 32.1 Å². The second-order valence-corrected chi connectivity index (χ2v) is 7.59. The van der Waals surface area contributed by atoms with Crippen LogP contribution in [0.25, 0.3) is 0 Å². The number of nitrogens with one attached hydrogen (secondary N) is 1. The van der Waals surface area contributed by atoms with Crippen LogP contribution in [0.1, 0.15) is 56.5 Å². The number of rotatable bonds is 6. The van der Waals surface area contributed by atoms with Crippen molar-refractivity contribution in [3.8, 4) is 0 Å². The van der Waals surface area contributed by atoms with Crippen molar-refractivity contribution >= 4 is 11.8 Å². The molecule has 0 spiro atoms. The van der Waals surface area contributed by atoms with Gasteiger partial charge < -0.3 is 14.6 Å². The average molecular weight is 346 g/mol. The molecule has 0 radical (unpaired) electrons. The highest BCUT2D eigenvalue weighted by molar-refractivity contribution is 5.83. The molecule has 0 bridgehead atoms. The molecular formula is C20H30N2O3. The Morgan fingerprint density at radius 1 is 1.24 bits per heavy atom. The normalized spacial score (nSPS) is 22.2. The van der Waals surface area contributed by atoms with Gasteiger partial charge in [-0.1, -0.05) is 19.3 Å². The van der Waals surface area contributed by atoms with Gasteiger partial charge in [0.2, 0.25) is 11.8 Å². The van der Waals surface area contributed by atoms with Crippen LogP contribution in [0.5, 0.6) is 0 Å². The number of amides is 2. The van der Waals surface area contributed by atoms with Gasteiger partial charge in [-0.25, -0.2) is 0 Å². The van der Waals surface area contributed by atoms with Crippen molar-refractivity contribution in [1.29, 1.82) is 0 Å². The Balaban J connectivity index is 1.44. The van der Waals surface area contributed by atoms with Gasteiger partial charge >= 0.3 is 0 Å². The van der Waals surface area contributed by atoms with E-state index in [1.807, 2.05) is 24.0 Å². The Hall–Kier alpha value is -1.78. The highest BCUT2D eigenvalue weighted by Crippen LogP contribution is 2.27. The second kappa shape index (κ2) is 8.54. The van der Waals surface area contributed by atoms with Crippen LogP contribution >= 0.6 is 0 Å². The predicted octanol–water partition coefficient (Wildman–Crippen LogP) is 3.07. The molecule has 2 heterocycles. The summed E-state index contributed by atoms with van der Waals surface area (Å²) in [5, 5.41) is 3.01. The summed E-state index contributed by atoms with van der Waals surface area (Å²) in [5.74, 6) is 2.65. The number of aryl methyl sites for hydroxylation is 1. The maximum Gasteiger partial charge on any atom is 0.224 e. The molecule has 2 amide bonds. The molecule has 1 aliphatic carbocycles. The number of carbonyl (C=O) groups excluding carboxylic acids is 2. The van der Waals surface area contributed by atoms with E-state index in [1.54, 1.807) is 0 Å². The van der Waals surface area contributed by atoms with Crippen LogP contribution in [0, 0.1) is 18.8 Å². The molecule has 2 aliphatic rings. The van der Waals surface area contributed by atoms with Crippen LogP contribution < -0.4 is 5.32 Å². The van der Waals surface area contributed by atoms with E-state index >= 15 is 0 Å². The number of furan rings is 1. The van der Waals surface area contributed by atoms with Gasteiger partial charge in [0.05, 0.1) is 5.92 Å². The molecule has 1 aromatic rings. The standard InChI is InChI=1S/C20H30N2O3/c1-15-7-9-18(25-15)11-12-21-20(24)17-8-10-19(23)22(14-17)13-16-5-3-2-4-6-16/h7,9,16-17H,2-6,8,10-14H2,1H3,(H,21,24)/t17-/m1/s1. The fourth-order valence-corrected chi connectivity index (χ4v) is 4.06. The van der Waals surface area contributed by atoms with Crippen LogP contribution in [-0.2, 0) is 16.0 Å². The summed E-state index contributed by atoms with van der Waals surface area (Å²) in [4.78, 5) is 26.6. The molecule has 1 saturated heterocycles. The molecule has 0 unspecified atom stereocenters. The molecule has 1 atom stereocenters. The van der Waals surface area contributed by atoms with Crippen LogP contribution in [0.3, 0.4) is 0 Å². The summed E-state index contributed by atoms with van der Waals surface area (Å²) in [6.45, 7) is 3.93. The predicted molar refractivity (Wildman–Crippen MR) is 96.0 cm³/mol. The third-order valence-electron chi connectivity index (χ3n) is 5.54. The van der Waals surface area contributed by atoms with Crippen LogP contribution in [0.2, 0.25) is 0 Å². The summed E-state index contributed by atoms with van der Waals surface area (Å²) in [5.41, 5.74) is 0. The Morgan fingerprint density at radius 2 is 2.04 bits per heavy atom. The number of hydrogen-bond donors (Lipinski definition) is 1. The fourth-order valence-electron chi connectivity index (χ4n) is 4.06. The lowest BCUT2D eigenvalue weighted by molar-refractivity contribution is -0.139. The van der Waals surface area contributed by atoms with Crippen molar-refractivity contribution in [1.82, 2.24) is 10.2 Å². The van der Waals surface area contributed by atoms with Gasteiger partial charge in [0.15, 0.2) is 0 Å². The highest BCUT2D eigenvalue weighted by Gasteiger charge is 2.31. The highest BCUT2D eigenvalue weighted by atomic mass is 16.3. The molecule has 5 nitrogen and oxygen atoms in total. The van der Waals surface area contributed by atoms with Crippen molar-refractivity contribution in [2.75, 3.05) is 19.6 Å². The van der Waals surface area contributed by atoms with Gasteiger partial charge in [0, 0.05) is 32.5 Å². The lowest BCUT2D eigenvalue weighted by Gasteiger charge is -2.35. The van der Waals surface area contributed by atoms with E-state index in [0.717, 1.165) is 18.1 Å². The Morgan fingerprint density at radius 3 is 2.76 bits per heavy atom. The average Bonchev–Trinajstić information content (AvgIpc) is 3.03. The molecule has 138 valence electrons. The first-order chi connectivity index (χ1) is 12.1. The van der Waals surface area contributed by atoms with Gasteiger partial charge in [-0.15, -0.1) is 0 Å². The van der Waals surface area contributed by atoms with Gasteiger partial charge in [0.1, 0.15) is 11.5 Å². The Kier molecular flexibility index (Phi) is 6.16. The van der Waals surface area contributed by atoms with Gasteiger partial charge in [-0.2, -0.15) is 0 Å². The van der Waals surface area contributed by atoms with Crippen LogP contribution in [0.15, 0.2) is 16.5 Å². The van der Waals surface area contributed by atoms with E-state index in [4.69, 9.17) is 4.42 Å². The van der Waals surface area contributed by atoms with Crippen molar-refractivity contribution in [3.63, 3.8) is 0 Å². The van der Waals surface area contributed by atoms with Gasteiger partial charge in [-0.3, -0.25) is 9.59 Å². The molecule has 1 aliphatic heterocycles. The largest absolute Gasteiger partial charge is 0.466 e. The molecular weight excluding hydrogens is 316 g/mol. The minimum absolute atomic E-state index is 0.0698. The topological polar surface area (TPSA) is 62.6 Å². The Bertz CT molecular complexity index is 590. The zero-order chi connectivity index (χ0) is 17.6. The van der Waals surface area contributed by atoms with Gasteiger partial charge in [0.25, 0.3) is 0 Å². The molecule has 0 aromatic carbocycles. The minimum atomic E-state index is -0.0698. The maximum absolute atomic E-state index is 12.5. The zero-order valence-corrected chi connectivity index (χ0v) is 15.3. The van der Waals surface area contributed by atoms with E-state index in [2.05, 4.69) is 5.32 Å².